The van der Waals surface area contributed by atoms with E-state index in [1.165, 1.54) is 0 Å². The molecule has 5 nitrogen and oxygen atoms in total. The Kier molecular flexibility index (Phi) is 5.46. The highest BCUT2D eigenvalue weighted by atomic mass is 19.4. The fourth-order valence-electron chi connectivity index (χ4n) is 3.71. The van der Waals surface area contributed by atoms with Crippen LogP contribution >= 0.6 is 0 Å². The summed E-state index contributed by atoms with van der Waals surface area (Å²) < 4.78 is 51.9. The summed E-state index contributed by atoms with van der Waals surface area (Å²) in [6.45, 7) is 1.98. The molecule has 1 saturated heterocycles. The lowest BCUT2D eigenvalue weighted by Crippen LogP contribution is -2.38. The van der Waals surface area contributed by atoms with Gasteiger partial charge in [0.05, 0.1) is 23.1 Å². The molecule has 2 heterocycles. The predicted molar refractivity (Wildman–Crippen MR) is 104 cm³/mol. The molecule has 0 saturated carbocycles. The minimum atomic E-state index is -4.81. The smallest absolute Gasteiger partial charge is 0.341 e. The number of aromatic amines is 1. The van der Waals surface area contributed by atoms with Crippen molar-refractivity contribution in [2.24, 2.45) is 5.92 Å². The summed E-state index contributed by atoms with van der Waals surface area (Å²) in [5.41, 5.74) is 0.429. The first-order valence-corrected chi connectivity index (χ1v) is 9.63. The standard InChI is InChI=1S/C21H20F4N4O/c22-16-6-5-14(11-15(16)21(23,24)25)26-20(30)13-7-9-29(10-8-13)12-19-27-17-3-1-2-4-18(17)28-19/h1-6,11,13H,7-10,12H2,(H,26,30)(H,27,28). The highest BCUT2D eigenvalue weighted by molar-refractivity contribution is 5.92. The molecule has 9 heteroatoms. The molecule has 0 radical (unpaired) electrons. The molecular weight excluding hydrogens is 400 g/mol. The van der Waals surface area contributed by atoms with Gasteiger partial charge >= 0.3 is 6.18 Å². The van der Waals surface area contributed by atoms with E-state index in [-0.39, 0.29) is 17.5 Å². The van der Waals surface area contributed by atoms with Gasteiger partial charge in [-0.25, -0.2) is 9.37 Å². The molecule has 30 heavy (non-hydrogen) atoms. The van der Waals surface area contributed by atoms with Crippen LogP contribution in [0, 0.1) is 11.7 Å². The molecule has 1 aliphatic heterocycles. The lowest BCUT2D eigenvalue weighted by atomic mass is 9.95. The topological polar surface area (TPSA) is 61.0 Å². The van der Waals surface area contributed by atoms with Crippen LogP contribution in [-0.2, 0) is 17.5 Å². The van der Waals surface area contributed by atoms with Crippen molar-refractivity contribution in [2.45, 2.75) is 25.6 Å². The molecular formula is C21H20F4N4O. The van der Waals surface area contributed by atoms with Crippen molar-refractivity contribution in [3.63, 3.8) is 0 Å². The Bertz CT molecular complexity index is 1020. The van der Waals surface area contributed by atoms with Crippen molar-refractivity contribution >= 4 is 22.6 Å². The van der Waals surface area contributed by atoms with Crippen LogP contribution in [0.2, 0.25) is 0 Å². The number of aromatic nitrogens is 2. The van der Waals surface area contributed by atoms with Crippen molar-refractivity contribution in [3.05, 3.63) is 59.7 Å². The number of imidazole rings is 1. The normalized spacial score (nSPS) is 16.1. The maximum atomic E-state index is 13.4. The molecule has 1 fully saturated rings. The second-order valence-electron chi connectivity index (χ2n) is 7.43. The van der Waals surface area contributed by atoms with Crippen LogP contribution in [0.1, 0.15) is 24.2 Å². The zero-order valence-electron chi connectivity index (χ0n) is 16.0. The molecule has 1 aromatic heterocycles. The number of fused-ring (bicyclic) bond motifs is 1. The van der Waals surface area contributed by atoms with Gasteiger partial charge in [-0.15, -0.1) is 0 Å². The predicted octanol–water partition coefficient (Wildman–Crippen LogP) is 4.57. The van der Waals surface area contributed by atoms with Crippen LogP contribution < -0.4 is 5.32 Å². The average Bonchev–Trinajstić information content (AvgIpc) is 3.11. The number of carbonyl (C=O) groups is 1. The number of carbonyl (C=O) groups excluding carboxylic acids is 1. The lowest BCUT2D eigenvalue weighted by molar-refractivity contribution is -0.140. The Hall–Kier alpha value is -2.94. The highest BCUT2D eigenvalue weighted by Gasteiger charge is 2.34. The molecule has 0 unspecified atom stereocenters. The first kappa shape index (κ1) is 20.3. The zero-order chi connectivity index (χ0) is 21.3. The molecule has 3 aromatic rings. The summed E-state index contributed by atoms with van der Waals surface area (Å²) in [5.74, 6) is -1.17. The summed E-state index contributed by atoms with van der Waals surface area (Å²) in [7, 11) is 0. The number of piperidine rings is 1. The van der Waals surface area contributed by atoms with E-state index in [4.69, 9.17) is 0 Å². The van der Waals surface area contributed by atoms with Gasteiger partial charge in [0.2, 0.25) is 5.91 Å². The zero-order valence-corrected chi connectivity index (χ0v) is 16.0. The number of halogens is 4. The van der Waals surface area contributed by atoms with Gasteiger partial charge in [0.1, 0.15) is 11.6 Å². The summed E-state index contributed by atoms with van der Waals surface area (Å²) in [5, 5.41) is 2.49. The second kappa shape index (κ2) is 8.06. The van der Waals surface area contributed by atoms with Gasteiger partial charge in [-0.05, 0) is 56.3 Å². The lowest BCUT2D eigenvalue weighted by Gasteiger charge is -2.30. The number of para-hydroxylation sites is 2. The van der Waals surface area contributed by atoms with Gasteiger partial charge in [0, 0.05) is 11.6 Å². The number of nitrogens with zero attached hydrogens (tertiary/aromatic N) is 2. The third-order valence-corrected chi connectivity index (χ3v) is 5.31. The summed E-state index contributed by atoms with van der Waals surface area (Å²) in [4.78, 5) is 22.5. The van der Waals surface area contributed by atoms with Crippen LogP contribution in [0.4, 0.5) is 23.2 Å². The largest absolute Gasteiger partial charge is 0.419 e. The number of hydrogen-bond donors (Lipinski definition) is 2. The maximum absolute atomic E-state index is 13.4. The van der Waals surface area contributed by atoms with Gasteiger partial charge in [0.15, 0.2) is 0 Å². The summed E-state index contributed by atoms with van der Waals surface area (Å²) in [6.07, 6.45) is -3.65. The molecule has 1 amide bonds. The van der Waals surface area contributed by atoms with E-state index in [1.807, 2.05) is 24.3 Å². The third-order valence-electron chi connectivity index (χ3n) is 5.31. The minimum absolute atomic E-state index is 0.0570. The first-order chi connectivity index (χ1) is 14.3. The van der Waals surface area contributed by atoms with Crippen molar-refractivity contribution in [3.8, 4) is 0 Å². The van der Waals surface area contributed by atoms with Crippen molar-refractivity contribution in [2.75, 3.05) is 18.4 Å². The Morgan fingerprint density at radius 3 is 2.60 bits per heavy atom. The average molecular weight is 420 g/mol. The van der Waals surface area contributed by atoms with Crippen LogP contribution in [0.5, 0.6) is 0 Å². The van der Waals surface area contributed by atoms with E-state index < -0.39 is 17.6 Å². The van der Waals surface area contributed by atoms with E-state index in [1.54, 1.807) is 0 Å². The molecule has 0 atom stereocenters. The number of H-pyrrole nitrogens is 1. The van der Waals surface area contributed by atoms with Crippen LogP contribution in [0.25, 0.3) is 11.0 Å². The van der Waals surface area contributed by atoms with Gasteiger partial charge < -0.3 is 10.3 Å². The maximum Gasteiger partial charge on any atom is 0.419 e. The van der Waals surface area contributed by atoms with Crippen molar-refractivity contribution < 1.29 is 22.4 Å². The van der Waals surface area contributed by atoms with E-state index in [0.29, 0.717) is 44.6 Å². The van der Waals surface area contributed by atoms with Crippen LogP contribution in [-0.4, -0.2) is 33.9 Å². The fourth-order valence-corrected chi connectivity index (χ4v) is 3.71. The Morgan fingerprint density at radius 1 is 1.17 bits per heavy atom. The second-order valence-corrected chi connectivity index (χ2v) is 7.43. The van der Waals surface area contributed by atoms with Crippen molar-refractivity contribution in [1.82, 2.24) is 14.9 Å². The molecule has 0 aliphatic carbocycles. The van der Waals surface area contributed by atoms with Crippen LogP contribution in [0.3, 0.4) is 0 Å². The summed E-state index contributed by atoms with van der Waals surface area (Å²) >= 11 is 0. The molecule has 2 aromatic carbocycles. The molecule has 4 rings (SSSR count). The molecule has 0 bridgehead atoms. The van der Waals surface area contributed by atoms with Crippen molar-refractivity contribution in [1.29, 1.82) is 0 Å². The van der Waals surface area contributed by atoms with Gasteiger partial charge in [-0.3, -0.25) is 9.69 Å². The number of amides is 1. The Labute approximate surface area is 170 Å². The fraction of sp³-hybridized carbons (Fsp3) is 0.333. The molecule has 158 valence electrons. The van der Waals surface area contributed by atoms with Crippen LogP contribution in [0.15, 0.2) is 42.5 Å². The van der Waals surface area contributed by atoms with Gasteiger partial charge in [-0.1, -0.05) is 12.1 Å². The Morgan fingerprint density at radius 2 is 1.90 bits per heavy atom. The van der Waals surface area contributed by atoms with Gasteiger partial charge in [0.25, 0.3) is 0 Å². The van der Waals surface area contributed by atoms with E-state index in [9.17, 15) is 22.4 Å². The molecule has 0 spiro atoms. The number of hydrogen-bond acceptors (Lipinski definition) is 3. The number of nitrogens with one attached hydrogen (secondary N) is 2. The molecule has 2 N–H and O–H groups in total. The first-order valence-electron chi connectivity index (χ1n) is 9.63. The third kappa shape index (κ3) is 4.46. The number of likely N-dealkylation sites (tertiary alicyclic amines) is 1. The SMILES string of the molecule is O=C(Nc1ccc(F)c(C(F)(F)F)c1)C1CCN(Cc2nc3ccccc3[nH]2)CC1. The van der Waals surface area contributed by atoms with E-state index in [0.717, 1.165) is 22.9 Å². The summed E-state index contributed by atoms with van der Waals surface area (Å²) in [6, 6.07) is 10.2. The van der Waals surface area contributed by atoms with E-state index in [2.05, 4.69) is 20.2 Å². The van der Waals surface area contributed by atoms with Gasteiger partial charge in [-0.2, -0.15) is 13.2 Å². The van der Waals surface area contributed by atoms with E-state index >= 15 is 0 Å². The number of alkyl halides is 3. The number of anilines is 1. The highest BCUT2D eigenvalue weighted by Crippen LogP contribution is 2.33. The Balaban J connectivity index is 1.33. The monoisotopic (exact) mass is 420 g/mol. The number of rotatable bonds is 4. The number of benzene rings is 2. The molecule has 1 aliphatic rings. The minimum Gasteiger partial charge on any atom is -0.341 e. The quantitative estimate of drug-likeness (QED) is 0.608.